The zero-order chi connectivity index (χ0) is 20.4. The molecule has 0 radical (unpaired) electrons. The molecule has 27 heavy (non-hydrogen) atoms. The maximum atomic E-state index is 12.5. The molecule has 1 atom stereocenters. The number of carbonyl (C=O) groups is 3. The average molecular weight is 387 g/mol. The van der Waals surface area contributed by atoms with Gasteiger partial charge in [-0.25, -0.2) is 4.79 Å². The minimum Gasteiger partial charge on any atom is -0.406 e. The molecule has 10 heteroatoms. The third-order valence-electron chi connectivity index (χ3n) is 3.84. The highest BCUT2D eigenvalue weighted by molar-refractivity contribution is 6.09. The van der Waals surface area contributed by atoms with Crippen LogP contribution in [0.5, 0.6) is 5.75 Å². The molecule has 0 aliphatic carbocycles. The Kier molecular flexibility index (Phi) is 5.67. The number of ether oxygens (including phenoxy) is 1. The van der Waals surface area contributed by atoms with E-state index < -0.39 is 42.0 Å². The van der Waals surface area contributed by atoms with E-state index in [2.05, 4.69) is 15.4 Å². The lowest BCUT2D eigenvalue weighted by atomic mass is 9.91. The molecule has 7 nitrogen and oxygen atoms in total. The monoisotopic (exact) mass is 387 g/mol. The number of hydrogen-bond acceptors (Lipinski definition) is 4. The summed E-state index contributed by atoms with van der Waals surface area (Å²) >= 11 is 0. The summed E-state index contributed by atoms with van der Waals surface area (Å²) in [5.74, 6) is -1.42. The second kappa shape index (κ2) is 7.45. The number of nitrogens with zero attached hydrogens (tertiary/aromatic N) is 1. The number of anilines is 1. The molecule has 0 saturated carbocycles. The highest BCUT2D eigenvalue weighted by atomic mass is 19.4. The van der Waals surface area contributed by atoms with Crippen molar-refractivity contribution in [3.8, 4) is 5.75 Å². The summed E-state index contributed by atoms with van der Waals surface area (Å²) in [5.41, 5.74) is -0.867. The molecule has 0 spiro atoms. The van der Waals surface area contributed by atoms with Crippen LogP contribution in [-0.4, -0.2) is 41.2 Å². The van der Waals surface area contributed by atoms with Gasteiger partial charge in [-0.05, 0) is 43.5 Å². The number of hydrogen-bond donors (Lipinski definition) is 2. The predicted octanol–water partition coefficient (Wildman–Crippen LogP) is 2.88. The van der Waals surface area contributed by atoms with Gasteiger partial charge in [0.2, 0.25) is 5.91 Å². The molecule has 1 saturated heterocycles. The van der Waals surface area contributed by atoms with Crippen LogP contribution in [0.3, 0.4) is 0 Å². The molecule has 0 bridgehead atoms. The topological polar surface area (TPSA) is 87.7 Å². The standard InChI is InChI=1S/C17H20F3N3O4/c1-10(2)8-16(3)14(25)23(15(26)22-16)9-13(24)21-11-4-6-12(7-5-11)27-17(18,19)20/h4-7,10H,8-9H2,1-3H3,(H,21,24)(H,22,26)/t16-/m1/s1. The van der Waals surface area contributed by atoms with Gasteiger partial charge in [0.1, 0.15) is 17.8 Å². The quantitative estimate of drug-likeness (QED) is 0.735. The summed E-state index contributed by atoms with van der Waals surface area (Å²) < 4.78 is 40.1. The Hall–Kier alpha value is -2.78. The van der Waals surface area contributed by atoms with E-state index >= 15 is 0 Å². The predicted molar refractivity (Wildman–Crippen MR) is 89.9 cm³/mol. The number of carbonyl (C=O) groups excluding carboxylic acids is 3. The van der Waals surface area contributed by atoms with Gasteiger partial charge in [-0.3, -0.25) is 14.5 Å². The number of alkyl halides is 3. The smallest absolute Gasteiger partial charge is 0.406 e. The van der Waals surface area contributed by atoms with Crippen molar-refractivity contribution >= 4 is 23.5 Å². The van der Waals surface area contributed by atoms with Crippen molar-refractivity contribution in [2.24, 2.45) is 5.92 Å². The minimum atomic E-state index is -4.81. The first-order valence-corrected chi connectivity index (χ1v) is 8.19. The molecule has 1 heterocycles. The summed E-state index contributed by atoms with van der Waals surface area (Å²) in [6.45, 7) is 4.92. The van der Waals surface area contributed by atoms with E-state index in [-0.39, 0.29) is 11.6 Å². The van der Waals surface area contributed by atoms with E-state index in [1.165, 1.54) is 12.1 Å². The van der Waals surface area contributed by atoms with Crippen LogP contribution in [0.25, 0.3) is 0 Å². The van der Waals surface area contributed by atoms with E-state index in [0.29, 0.717) is 6.42 Å². The zero-order valence-corrected chi connectivity index (χ0v) is 15.0. The minimum absolute atomic E-state index is 0.158. The van der Waals surface area contributed by atoms with Gasteiger partial charge in [0.05, 0.1) is 0 Å². The first-order valence-electron chi connectivity index (χ1n) is 8.19. The van der Waals surface area contributed by atoms with Crippen molar-refractivity contribution < 1.29 is 32.3 Å². The Morgan fingerprint density at radius 3 is 2.37 bits per heavy atom. The first-order chi connectivity index (χ1) is 12.4. The summed E-state index contributed by atoms with van der Waals surface area (Å²) in [4.78, 5) is 37.4. The maximum Gasteiger partial charge on any atom is 0.573 e. The van der Waals surface area contributed by atoms with Crippen molar-refractivity contribution in [2.45, 2.75) is 39.1 Å². The SMILES string of the molecule is CC(C)C[C@@]1(C)NC(=O)N(CC(=O)Nc2ccc(OC(F)(F)F)cc2)C1=O. The van der Waals surface area contributed by atoms with E-state index in [4.69, 9.17) is 0 Å². The molecule has 0 aromatic heterocycles. The van der Waals surface area contributed by atoms with Crippen molar-refractivity contribution in [1.29, 1.82) is 0 Å². The van der Waals surface area contributed by atoms with Crippen LogP contribution in [0.4, 0.5) is 23.7 Å². The van der Waals surface area contributed by atoms with Gasteiger partial charge in [-0.1, -0.05) is 13.8 Å². The van der Waals surface area contributed by atoms with Crippen LogP contribution in [0.1, 0.15) is 27.2 Å². The van der Waals surface area contributed by atoms with Crippen LogP contribution >= 0.6 is 0 Å². The molecule has 2 rings (SSSR count). The highest BCUT2D eigenvalue weighted by Gasteiger charge is 2.48. The molecule has 2 N–H and O–H groups in total. The van der Waals surface area contributed by atoms with Gasteiger partial charge in [0.25, 0.3) is 5.91 Å². The Bertz CT molecular complexity index is 734. The molecule has 1 fully saturated rings. The number of urea groups is 1. The third-order valence-corrected chi connectivity index (χ3v) is 3.84. The normalized spacial score (nSPS) is 20.0. The molecule has 1 aliphatic heterocycles. The van der Waals surface area contributed by atoms with Gasteiger partial charge < -0.3 is 15.4 Å². The van der Waals surface area contributed by atoms with Crippen molar-refractivity contribution in [3.63, 3.8) is 0 Å². The van der Waals surface area contributed by atoms with Crippen LogP contribution in [-0.2, 0) is 9.59 Å². The molecule has 1 aromatic rings. The van der Waals surface area contributed by atoms with Gasteiger partial charge in [0, 0.05) is 5.69 Å². The van der Waals surface area contributed by atoms with Crippen LogP contribution in [0.15, 0.2) is 24.3 Å². The summed E-state index contributed by atoms with van der Waals surface area (Å²) in [7, 11) is 0. The maximum absolute atomic E-state index is 12.5. The number of rotatable bonds is 6. The molecular formula is C17H20F3N3O4. The fourth-order valence-electron chi connectivity index (χ4n) is 2.93. The molecule has 1 aliphatic rings. The molecule has 148 valence electrons. The average Bonchev–Trinajstić information content (AvgIpc) is 2.70. The van der Waals surface area contributed by atoms with E-state index in [1.807, 2.05) is 13.8 Å². The number of nitrogens with one attached hydrogen (secondary N) is 2. The molecular weight excluding hydrogens is 367 g/mol. The third kappa shape index (κ3) is 5.35. The largest absolute Gasteiger partial charge is 0.573 e. The Morgan fingerprint density at radius 1 is 1.26 bits per heavy atom. The van der Waals surface area contributed by atoms with Gasteiger partial charge in [-0.2, -0.15) is 0 Å². The fraction of sp³-hybridized carbons (Fsp3) is 0.471. The summed E-state index contributed by atoms with van der Waals surface area (Å²) in [6, 6.07) is 3.85. The molecule has 4 amide bonds. The number of benzene rings is 1. The van der Waals surface area contributed by atoms with Crippen LogP contribution < -0.4 is 15.4 Å². The number of halogens is 3. The van der Waals surface area contributed by atoms with Crippen molar-refractivity contribution in [3.05, 3.63) is 24.3 Å². The second-order valence-electron chi connectivity index (χ2n) is 6.87. The fourth-order valence-corrected chi connectivity index (χ4v) is 2.93. The zero-order valence-electron chi connectivity index (χ0n) is 15.0. The lowest BCUT2D eigenvalue weighted by molar-refractivity contribution is -0.274. The lowest BCUT2D eigenvalue weighted by Crippen LogP contribution is -2.45. The summed E-state index contributed by atoms with van der Waals surface area (Å²) in [6.07, 6.45) is -4.38. The Morgan fingerprint density at radius 2 is 1.85 bits per heavy atom. The van der Waals surface area contributed by atoms with Gasteiger partial charge in [-0.15, -0.1) is 13.2 Å². The lowest BCUT2D eigenvalue weighted by Gasteiger charge is -2.23. The highest BCUT2D eigenvalue weighted by Crippen LogP contribution is 2.26. The van der Waals surface area contributed by atoms with E-state index in [0.717, 1.165) is 17.0 Å². The van der Waals surface area contributed by atoms with E-state index in [9.17, 15) is 27.6 Å². The van der Waals surface area contributed by atoms with Gasteiger partial charge in [0.15, 0.2) is 0 Å². The Labute approximate surface area is 153 Å². The van der Waals surface area contributed by atoms with E-state index in [1.54, 1.807) is 6.92 Å². The molecule has 1 aromatic carbocycles. The summed E-state index contributed by atoms with van der Waals surface area (Å²) in [5, 5.41) is 5.01. The number of imide groups is 1. The molecule has 0 unspecified atom stereocenters. The Balaban J connectivity index is 1.97. The van der Waals surface area contributed by atoms with Crippen molar-refractivity contribution in [2.75, 3.05) is 11.9 Å². The number of amides is 4. The van der Waals surface area contributed by atoms with Crippen molar-refractivity contribution in [1.82, 2.24) is 10.2 Å². The van der Waals surface area contributed by atoms with Gasteiger partial charge >= 0.3 is 12.4 Å². The van der Waals surface area contributed by atoms with Crippen LogP contribution in [0, 0.1) is 5.92 Å². The second-order valence-corrected chi connectivity index (χ2v) is 6.87. The first kappa shape index (κ1) is 20.5. The van der Waals surface area contributed by atoms with Crippen LogP contribution in [0.2, 0.25) is 0 Å².